The molecule has 1 heterocycles. The van der Waals surface area contributed by atoms with Crippen molar-refractivity contribution in [3.63, 3.8) is 0 Å². The predicted molar refractivity (Wildman–Crippen MR) is 117 cm³/mol. The Morgan fingerprint density at radius 3 is 2.00 bits per heavy atom. The Balaban J connectivity index is 2.56. The first-order chi connectivity index (χ1) is 13.0. The van der Waals surface area contributed by atoms with Gasteiger partial charge >= 0.3 is 0 Å². The van der Waals surface area contributed by atoms with Crippen molar-refractivity contribution >= 4 is 0 Å². The van der Waals surface area contributed by atoms with E-state index in [0.29, 0.717) is 23.7 Å². The lowest BCUT2D eigenvalue weighted by Gasteiger charge is -2.49. The van der Waals surface area contributed by atoms with Gasteiger partial charge in [-0.15, -0.1) is 10.2 Å². The van der Waals surface area contributed by atoms with Gasteiger partial charge in [0.2, 0.25) is 0 Å². The summed E-state index contributed by atoms with van der Waals surface area (Å²) in [5.41, 5.74) is 1.47. The van der Waals surface area contributed by atoms with Gasteiger partial charge in [0.25, 0.3) is 0 Å². The van der Waals surface area contributed by atoms with Gasteiger partial charge in [-0.05, 0) is 40.1 Å². The molecule has 1 aromatic carbocycles. The van der Waals surface area contributed by atoms with Crippen LogP contribution in [0.4, 0.5) is 0 Å². The van der Waals surface area contributed by atoms with E-state index in [2.05, 4.69) is 113 Å². The second-order valence-electron chi connectivity index (χ2n) is 10.4. The van der Waals surface area contributed by atoms with Crippen molar-refractivity contribution in [2.75, 3.05) is 0 Å². The van der Waals surface area contributed by atoms with E-state index in [-0.39, 0.29) is 16.7 Å². The molecular weight excluding hydrogens is 344 g/mol. The average molecular weight is 385 g/mol. The molecular formula is C24H40N4. The number of hydrogen-bond donors (Lipinski definition) is 1. The van der Waals surface area contributed by atoms with E-state index in [1.807, 2.05) is 0 Å². The van der Waals surface area contributed by atoms with Gasteiger partial charge in [-0.3, -0.25) is 0 Å². The smallest absolute Gasteiger partial charge is 0.177 e. The third-order valence-electron chi connectivity index (χ3n) is 6.92. The summed E-state index contributed by atoms with van der Waals surface area (Å²) >= 11 is 0. The normalized spacial score (nSPS) is 17.4. The second kappa shape index (κ2) is 8.75. The molecule has 0 amide bonds. The molecule has 4 heteroatoms. The number of hydrogen-bond acceptors (Lipinski definition) is 3. The highest BCUT2D eigenvalue weighted by Gasteiger charge is 2.48. The molecule has 156 valence electrons. The summed E-state index contributed by atoms with van der Waals surface area (Å²) in [4.78, 5) is 0. The standard InChI is InChI=1S/C24H40N4/c1-10-19(16(2)3)20(18-14-12-11-13-15-18)17(4)24(8,9)21(23(5,6)7)22-25-27-28-26-22/h11-17,19-21H,10H2,1-9H3,(H,25,26,27,28). The number of rotatable bonds is 8. The van der Waals surface area contributed by atoms with Crippen LogP contribution in [0.5, 0.6) is 0 Å². The molecule has 28 heavy (non-hydrogen) atoms. The summed E-state index contributed by atoms with van der Waals surface area (Å²) in [5, 5.41) is 15.4. The molecule has 0 radical (unpaired) electrons. The van der Waals surface area contributed by atoms with E-state index in [1.165, 1.54) is 12.0 Å². The van der Waals surface area contributed by atoms with Crippen LogP contribution >= 0.6 is 0 Å². The van der Waals surface area contributed by atoms with Crippen LogP contribution in [0.25, 0.3) is 0 Å². The quantitative estimate of drug-likeness (QED) is 0.568. The lowest BCUT2D eigenvalue weighted by Crippen LogP contribution is -2.42. The SMILES string of the molecule is CCC(C(C)C)C(c1ccccc1)C(C)C(C)(C)C(c1nn[nH]n1)C(C)(C)C. The fraction of sp³-hybridized carbons (Fsp3) is 0.708. The molecule has 0 fully saturated rings. The van der Waals surface area contributed by atoms with Gasteiger partial charge < -0.3 is 0 Å². The van der Waals surface area contributed by atoms with Crippen molar-refractivity contribution in [1.29, 1.82) is 0 Å². The van der Waals surface area contributed by atoms with Crippen molar-refractivity contribution in [2.24, 2.45) is 28.6 Å². The lowest BCUT2D eigenvalue weighted by molar-refractivity contribution is 0.0546. The Bertz CT molecular complexity index is 698. The summed E-state index contributed by atoms with van der Waals surface area (Å²) < 4.78 is 0. The third kappa shape index (κ3) is 4.64. The molecule has 1 aromatic heterocycles. The van der Waals surface area contributed by atoms with Crippen LogP contribution in [0.2, 0.25) is 0 Å². The van der Waals surface area contributed by atoms with Crippen LogP contribution in [0, 0.1) is 28.6 Å². The molecule has 4 nitrogen and oxygen atoms in total. The molecule has 0 bridgehead atoms. The monoisotopic (exact) mass is 384 g/mol. The Kier molecular flexibility index (Phi) is 7.06. The highest BCUT2D eigenvalue weighted by atomic mass is 15.5. The van der Waals surface area contributed by atoms with Crippen LogP contribution in [0.3, 0.4) is 0 Å². The van der Waals surface area contributed by atoms with Crippen LogP contribution in [-0.2, 0) is 0 Å². The number of nitrogens with zero attached hydrogens (tertiary/aromatic N) is 3. The Labute approximate surface area is 171 Å². The van der Waals surface area contributed by atoms with Crippen LogP contribution in [0.1, 0.15) is 92.0 Å². The van der Waals surface area contributed by atoms with Crippen LogP contribution in [0.15, 0.2) is 30.3 Å². The molecule has 0 saturated carbocycles. The maximum atomic E-state index is 4.42. The number of benzene rings is 1. The van der Waals surface area contributed by atoms with Crippen LogP contribution in [-0.4, -0.2) is 20.6 Å². The predicted octanol–water partition coefficient (Wildman–Crippen LogP) is 6.46. The molecule has 2 rings (SSSR count). The highest BCUT2D eigenvalue weighted by Crippen LogP contribution is 2.55. The lowest BCUT2D eigenvalue weighted by atomic mass is 9.55. The first kappa shape index (κ1) is 22.6. The zero-order chi connectivity index (χ0) is 21.1. The third-order valence-corrected chi connectivity index (χ3v) is 6.92. The minimum Gasteiger partial charge on any atom is -0.177 e. The zero-order valence-electron chi connectivity index (χ0n) is 19.3. The van der Waals surface area contributed by atoms with Gasteiger partial charge in [-0.2, -0.15) is 5.21 Å². The first-order valence-electron chi connectivity index (χ1n) is 10.8. The van der Waals surface area contributed by atoms with Crippen molar-refractivity contribution in [1.82, 2.24) is 20.6 Å². The first-order valence-corrected chi connectivity index (χ1v) is 10.8. The summed E-state index contributed by atoms with van der Waals surface area (Å²) in [6, 6.07) is 11.1. The molecule has 0 spiro atoms. The van der Waals surface area contributed by atoms with Crippen molar-refractivity contribution in [3.05, 3.63) is 41.7 Å². The summed E-state index contributed by atoms with van der Waals surface area (Å²) in [6.07, 6.45) is 1.18. The molecule has 4 unspecified atom stereocenters. The molecule has 0 aliphatic rings. The van der Waals surface area contributed by atoms with Crippen LogP contribution < -0.4 is 0 Å². The second-order valence-corrected chi connectivity index (χ2v) is 10.4. The van der Waals surface area contributed by atoms with E-state index < -0.39 is 0 Å². The van der Waals surface area contributed by atoms with Gasteiger partial charge in [0.15, 0.2) is 5.82 Å². The van der Waals surface area contributed by atoms with Gasteiger partial charge in [0.1, 0.15) is 0 Å². The zero-order valence-corrected chi connectivity index (χ0v) is 19.3. The van der Waals surface area contributed by atoms with Crippen molar-refractivity contribution < 1.29 is 0 Å². The van der Waals surface area contributed by atoms with Crippen molar-refractivity contribution in [2.45, 2.75) is 80.6 Å². The maximum Gasteiger partial charge on any atom is 0.178 e. The van der Waals surface area contributed by atoms with E-state index in [9.17, 15) is 0 Å². The number of aromatic amines is 1. The maximum absolute atomic E-state index is 4.42. The number of nitrogens with one attached hydrogen (secondary N) is 1. The Hall–Kier alpha value is -1.71. The minimum absolute atomic E-state index is 0.00899. The van der Waals surface area contributed by atoms with Gasteiger partial charge in [-0.25, -0.2) is 0 Å². The van der Waals surface area contributed by atoms with Gasteiger partial charge in [0, 0.05) is 5.92 Å². The van der Waals surface area contributed by atoms with E-state index in [0.717, 1.165) is 5.82 Å². The molecule has 0 aliphatic heterocycles. The largest absolute Gasteiger partial charge is 0.178 e. The topological polar surface area (TPSA) is 54.5 Å². The minimum atomic E-state index is -0.00899. The number of tetrazole rings is 1. The number of aromatic nitrogens is 4. The average Bonchev–Trinajstić information content (AvgIpc) is 3.11. The fourth-order valence-electron chi connectivity index (χ4n) is 5.58. The Morgan fingerprint density at radius 1 is 0.964 bits per heavy atom. The Morgan fingerprint density at radius 2 is 1.57 bits per heavy atom. The van der Waals surface area contributed by atoms with Gasteiger partial charge in [-0.1, -0.05) is 104 Å². The molecule has 4 atom stereocenters. The summed E-state index contributed by atoms with van der Waals surface area (Å²) in [7, 11) is 0. The van der Waals surface area contributed by atoms with Gasteiger partial charge in [0.05, 0.1) is 0 Å². The van der Waals surface area contributed by atoms with E-state index >= 15 is 0 Å². The van der Waals surface area contributed by atoms with Crippen molar-refractivity contribution in [3.8, 4) is 0 Å². The molecule has 0 saturated heterocycles. The highest BCUT2D eigenvalue weighted by molar-refractivity contribution is 5.23. The molecule has 2 aromatic rings. The molecule has 0 aliphatic carbocycles. The number of H-pyrrole nitrogens is 1. The van der Waals surface area contributed by atoms with E-state index in [1.54, 1.807) is 0 Å². The molecule has 1 N–H and O–H groups in total. The van der Waals surface area contributed by atoms with E-state index in [4.69, 9.17) is 0 Å². The summed E-state index contributed by atoms with van der Waals surface area (Å²) in [6.45, 7) is 21.2. The fourth-order valence-corrected chi connectivity index (χ4v) is 5.58. The summed E-state index contributed by atoms with van der Waals surface area (Å²) in [5.74, 6) is 3.22.